The smallest absolute Gasteiger partial charge is 0.0701 e. The standard InChI is InChI=1S/C14H14BrNO/c15-13-7-3-1-5-11(13)9-16-14-8-4-2-6-12(14)10-17/h1-8,16-17H,9-10H2. The Morgan fingerprint density at radius 3 is 2.29 bits per heavy atom. The second-order valence-corrected chi connectivity index (χ2v) is 4.61. The molecule has 2 nitrogen and oxygen atoms in total. The van der Waals surface area contributed by atoms with E-state index in [1.807, 2.05) is 42.5 Å². The molecule has 0 fully saturated rings. The minimum absolute atomic E-state index is 0.0547. The lowest BCUT2D eigenvalue weighted by atomic mass is 10.1. The summed E-state index contributed by atoms with van der Waals surface area (Å²) in [6.07, 6.45) is 0. The van der Waals surface area contributed by atoms with Crippen LogP contribution < -0.4 is 5.32 Å². The van der Waals surface area contributed by atoms with Crippen molar-refractivity contribution < 1.29 is 5.11 Å². The molecule has 0 bridgehead atoms. The van der Waals surface area contributed by atoms with Crippen LogP contribution in [0.2, 0.25) is 0 Å². The number of benzene rings is 2. The summed E-state index contributed by atoms with van der Waals surface area (Å²) in [7, 11) is 0. The van der Waals surface area contributed by atoms with Gasteiger partial charge in [-0.15, -0.1) is 0 Å². The van der Waals surface area contributed by atoms with E-state index in [4.69, 9.17) is 0 Å². The van der Waals surface area contributed by atoms with Gasteiger partial charge in [0.1, 0.15) is 0 Å². The summed E-state index contributed by atoms with van der Waals surface area (Å²) < 4.78 is 1.09. The van der Waals surface area contributed by atoms with Gasteiger partial charge in [0.25, 0.3) is 0 Å². The van der Waals surface area contributed by atoms with Crippen molar-refractivity contribution in [3.8, 4) is 0 Å². The highest BCUT2D eigenvalue weighted by molar-refractivity contribution is 9.10. The second kappa shape index (κ2) is 5.84. The number of rotatable bonds is 4. The average Bonchev–Trinajstić information content (AvgIpc) is 2.38. The van der Waals surface area contributed by atoms with Crippen LogP contribution in [-0.4, -0.2) is 5.11 Å². The van der Waals surface area contributed by atoms with Gasteiger partial charge in [0.05, 0.1) is 6.61 Å². The lowest BCUT2D eigenvalue weighted by Crippen LogP contribution is -2.02. The van der Waals surface area contributed by atoms with Crippen molar-refractivity contribution in [3.63, 3.8) is 0 Å². The summed E-state index contributed by atoms with van der Waals surface area (Å²) >= 11 is 3.52. The Balaban J connectivity index is 2.10. The zero-order valence-corrected chi connectivity index (χ0v) is 10.9. The first-order valence-electron chi connectivity index (χ1n) is 5.47. The molecule has 0 unspecified atom stereocenters. The Morgan fingerprint density at radius 2 is 1.59 bits per heavy atom. The summed E-state index contributed by atoms with van der Waals surface area (Å²) in [6, 6.07) is 15.9. The molecule has 0 aliphatic heterocycles. The van der Waals surface area contributed by atoms with E-state index in [0.717, 1.165) is 22.3 Å². The molecule has 2 aromatic carbocycles. The van der Waals surface area contributed by atoms with Crippen LogP contribution in [0.15, 0.2) is 53.0 Å². The van der Waals surface area contributed by atoms with Crippen molar-refractivity contribution in [3.05, 3.63) is 64.1 Å². The van der Waals surface area contributed by atoms with Crippen molar-refractivity contribution >= 4 is 21.6 Å². The number of aliphatic hydroxyl groups is 1. The molecule has 2 rings (SSSR count). The maximum absolute atomic E-state index is 9.22. The zero-order chi connectivity index (χ0) is 12.1. The lowest BCUT2D eigenvalue weighted by molar-refractivity contribution is 0.282. The van der Waals surface area contributed by atoms with Crippen LogP contribution in [0.1, 0.15) is 11.1 Å². The Kier molecular flexibility index (Phi) is 4.18. The van der Waals surface area contributed by atoms with Crippen LogP contribution >= 0.6 is 15.9 Å². The fourth-order valence-corrected chi connectivity index (χ4v) is 2.09. The van der Waals surface area contributed by atoms with E-state index < -0.39 is 0 Å². The monoisotopic (exact) mass is 291 g/mol. The molecular weight excluding hydrogens is 278 g/mol. The fraction of sp³-hybridized carbons (Fsp3) is 0.143. The predicted molar refractivity (Wildman–Crippen MR) is 73.8 cm³/mol. The van der Waals surface area contributed by atoms with Gasteiger partial charge in [-0.25, -0.2) is 0 Å². The predicted octanol–water partition coefficient (Wildman–Crippen LogP) is 3.55. The Hall–Kier alpha value is -1.32. The lowest BCUT2D eigenvalue weighted by Gasteiger charge is -2.11. The van der Waals surface area contributed by atoms with E-state index in [1.165, 1.54) is 5.56 Å². The van der Waals surface area contributed by atoms with Crippen LogP contribution in [-0.2, 0) is 13.2 Å². The molecule has 17 heavy (non-hydrogen) atoms. The maximum Gasteiger partial charge on any atom is 0.0701 e. The number of anilines is 1. The van der Waals surface area contributed by atoms with Crippen molar-refractivity contribution in [1.29, 1.82) is 0 Å². The van der Waals surface area contributed by atoms with Gasteiger partial charge in [-0.3, -0.25) is 0 Å². The van der Waals surface area contributed by atoms with Crippen LogP contribution in [0.5, 0.6) is 0 Å². The molecule has 0 amide bonds. The van der Waals surface area contributed by atoms with E-state index in [9.17, 15) is 5.11 Å². The summed E-state index contributed by atoms with van der Waals surface area (Å²) in [6.45, 7) is 0.789. The molecule has 0 spiro atoms. The second-order valence-electron chi connectivity index (χ2n) is 3.76. The van der Waals surface area contributed by atoms with E-state index >= 15 is 0 Å². The zero-order valence-electron chi connectivity index (χ0n) is 9.36. The Morgan fingerprint density at radius 1 is 0.941 bits per heavy atom. The summed E-state index contributed by atoms with van der Waals surface area (Å²) in [5.41, 5.74) is 3.09. The molecule has 0 aliphatic carbocycles. The maximum atomic E-state index is 9.22. The van der Waals surface area contributed by atoms with Crippen molar-refractivity contribution in [2.24, 2.45) is 0 Å². The van der Waals surface area contributed by atoms with Gasteiger partial charge in [-0.05, 0) is 17.7 Å². The molecule has 0 saturated carbocycles. The fourth-order valence-electron chi connectivity index (χ4n) is 1.66. The molecule has 0 aliphatic rings. The van der Waals surface area contributed by atoms with Crippen molar-refractivity contribution in [2.45, 2.75) is 13.2 Å². The van der Waals surface area contributed by atoms with Crippen LogP contribution in [0.4, 0.5) is 5.69 Å². The number of hydrogen-bond donors (Lipinski definition) is 2. The van der Waals surface area contributed by atoms with Gasteiger partial charge in [-0.2, -0.15) is 0 Å². The SMILES string of the molecule is OCc1ccccc1NCc1ccccc1Br. The van der Waals surface area contributed by atoms with Gasteiger partial charge in [-0.1, -0.05) is 52.3 Å². The van der Waals surface area contributed by atoms with Gasteiger partial charge in [0, 0.05) is 22.3 Å². The van der Waals surface area contributed by atoms with Gasteiger partial charge in [0.2, 0.25) is 0 Å². The number of nitrogens with one attached hydrogen (secondary N) is 1. The van der Waals surface area contributed by atoms with E-state index in [0.29, 0.717) is 0 Å². The molecule has 3 heteroatoms. The third kappa shape index (κ3) is 3.08. The highest BCUT2D eigenvalue weighted by Gasteiger charge is 2.01. The van der Waals surface area contributed by atoms with Crippen LogP contribution in [0, 0.1) is 0 Å². The van der Waals surface area contributed by atoms with Gasteiger partial charge < -0.3 is 10.4 Å². The van der Waals surface area contributed by atoms with E-state index in [2.05, 4.69) is 27.3 Å². The Bertz CT molecular complexity index is 499. The number of aliphatic hydroxyl groups excluding tert-OH is 1. The van der Waals surface area contributed by atoms with Gasteiger partial charge >= 0.3 is 0 Å². The summed E-state index contributed by atoms with van der Waals surface area (Å²) in [5, 5.41) is 12.6. The van der Waals surface area contributed by atoms with Gasteiger partial charge in [0.15, 0.2) is 0 Å². The molecule has 0 atom stereocenters. The quantitative estimate of drug-likeness (QED) is 0.903. The molecule has 0 radical (unpaired) electrons. The van der Waals surface area contributed by atoms with Crippen LogP contribution in [0.3, 0.4) is 0 Å². The molecule has 0 heterocycles. The topological polar surface area (TPSA) is 32.3 Å². The third-order valence-corrected chi connectivity index (χ3v) is 3.39. The highest BCUT2D eigenvalue weighted by Crippen LogP contribution is 2.19. The summed E-state index contributed by atoms with van der Waals surface area (Å²) in [5.74, 6) is 0. The molecule has 88 valence electrons. The summed E-state index contributed by atoms with van der Waals surface area (Å²) in [4.78, 5) is 0. The minimum Gasteiger partial charge on any atom is -0.392 e. The van der Waals surface area contributed by atoms with E-state index in [1.54, 1.807) is 0 Å². The largest absolute Gasteiger partial charge is 0.392 e. The normalized spacial score (nSPS) is 10.2. The Labute approximate surface area is 109 Å². The molecule has 0 aromatic heterocycles. The first-order valence-corrected chi connectivity index (χ1v) is 6.26. The van der Waals surface area contributed by atoms with Crippen molar-refractivity contribution in [2.75, 3.05) is 5.32 Å². The van der Waals surface area contributed by atoms with Crippen molar-refractivity contribution in [1.82, 2.24) is 0 Å². The number of halogens is 1. The average molecular weight is 292 g/mol. The first-order chi connectivity index (χ1) is 8.31. The highest BCUT2D eigenvalue weighted by atomic mass is 79.9. The minimum atomic E-state index is 0.0547. The first kappa shape index (κ1) is 12.1. The molecular formula is C14H14BrNO. The van der Waals surface area contributed by atoms with Crippen LogP contribution in [0.25, 0.3) is 0 Å². The van der Waals surface area contributed by atoms with E-state index in [-0.39, 0.29) is 6.61 Å². The third-order valence-electron chi connectivity index (χ3n) is 2.61. The molecule has 2 aromatic rings. The number of para-hydroxylation sites is 1. The number of hydrogen-bond acceptors (Lipinski definition) is 2. The molecule has 0 saturated heterocycles. The molecule has 2 N–H and O–H groups in total.